The molecule has 1 aliphatic rings. The molecule has 0 spiro atoms. The Morgan fingerprint density at radius 1 is 1.58 bits per heavy atom. The number of fused-ring (bicyclic) bond motifs is 1. The third-order valence-electron chi connectivity index (χ3n) is 2.77. The van der Waals surface area contributed by atoms with Crippen LogP contribution in [0.1, 0.15) is 24.6 Å². The zero-order valence-electron chi connectivity index (χ0n) is 10.7. The van der Waals surface area contributed by atoms with Crippen molar-refractivity contribution in [3.63, 3.8) is 0 Å². The highest BCUT2D eigenvalue weighted by molar-refractivity contribution is 7.93. The van der Waals surface area contributed by atoms with Crippen molar-refractivity contribution in [2.45, 2.75) is 19.8 Å². The van der Waals surface area contributed by atoms with E-state index in [0.29, 0.717) is 17.8 Å². The van der Waals surface area contributed by atoms with Gasteiger partial charge in [-0.2, -0.15) is 5.10 Å². The molecule has 0 unspecified atom stereocenters. The standard InChI is InChI=1S/C11H15N3O3S2/c1-3-4-10(15)13-12-8-7-19(16,17)14(2)9-5-6-18-11(8)9/h5-6H,3-4,7H2,1-2H3,(H,13,15)/b12-8-. The lowest BCUT2D eigenvalue weighted by Crippen LogP contribution is -2.38. The van der Waals surface area contributed by atoms with Gasteiger partial charge in [0.25, 0.3) is 0 Å². The lowest BCUT2D eigenvalue weighted by Gasteiger charge is -2.25. The molecular formula is C11H15N3O3S2. The van der Waals surface area contributed by atoms with Crippen LogP contribution in [-0.4, -0.2) is 32.8 Å². The van der Waals surface area contributed by atoms with E-state index in [1.807, 2.05) is 12.3 Å². The van der Waals surface area contributed by atoms with Crippen LogP contribution in [0.3, 0.4) is 0 Å². The van der Waals surface area contributed by atoms with Gasteiger partial charge in [0.15, 0.2) is 0 Å². The van der Waals surface area contributed by atoms with E-state index in [2.05, 4.69) is 10.5 Å². The predicted octanol–water partition coefficient (Wildman–Crippen LogP) is 1.15. The molecule has 0 aromatic carbocycles. The number of hydrogen-bond donors (Lipinski definition) is 1. The van der Waals surface area contributed by atoms with Crippen LogP contribution < -0.4 is 9.73 Å². The highest BCUT2D eigenvalue weighted by Crippen LogP contribution is 2.32. The minimum Gasteiger partial charge on any atom is -0.273 e. The van der Waals surface area contributed by atoms with E-state index in [4.69, 9.17) is 0 Å². The van der Waals surface area contributed by atoms with Crippen molar-refractivity contribution in [1.82, 2.24) is 5.43 Å². The summed E-state index contributed by atoms with van der Waals surface area (Å²) in [4.78, 5) is 12.2. The molecule has 6 nitrogen and oxygen atoms in total. The Kier molecular flexibility index (Phi) is 3.91. The third-order valence-corrected chi connectivity index (χ3v) is 5.40. The molecule has 0 saturated carbocycles. The van der Waals surface area contributed by atoms with E-state index < -0.39 is 10.0 Å². The number of rotatable bonds is 3. The Balaban J connectivity index is 2.30. The van der Waals surface area contributed by atoms with E-state index in [1.165, 1.54) is 22.7 Å². The minimum absolute atomic E-state index is 0.191. The molecule has 2 rings (SSSR count). The maximum Gasteiger partial charge on any atom is 0.240 e. The summed E-state index contributed by atoms with van der Waals surface area (Å²) in [5, 5.41) is 5.78. The van der Waals surface area contributed by atoms with Crippen molar-refractivity contribution in [1.29, 1.82) is 0 Å². The van der Waals surface area contributed by atoms with Crippen LogP contribution in [0.5, 0.6) is 0 Å². The van der Waals surface area contributed by atoms with Crippen molar-refractivity contribution in [2.24, 2.45) is 5.10 Å². The number of nitrogens with one attached hydrogen (secondary N) is 1. The zero-order chi connectivity index (χ0) is 14.0. The summed E-state index contributed by atoms with van der Waals surface area (Å²) >= 11 is 1.41. The van der Waals surface area contributed by atoms with Gasteiger partial charge in [-0.15, -0.1) is 11.3 Å². The second-order valence-electron chi connectivity index (χ2n) is 4.20. The first kappa shape index (κ1) is 14.0. The minimum atomic E-state index is -3.40. The second kappa shape index (κ2) is 5.30. The maximum atomic E-state index is 12.0. The number of thiophene rings is 1. The van der Waals surface area contributed by atoms with E-state index in [0.717, 1.165) is 11.3 Å². The van der Waals surface area contributed by atoms with Crippen LogP contribution in [-0.2, 0) is 14.8 Å². The normalized spacial score (nSPS) is 19.3. The predicted molar refractivity (Wildman–Crippen MR) is 76.1 cm³/mol. The molecule has 0 radical (unpaired) electrons. The van der Waals surface area contributed by atoms with Crippen molar-refractivity contribution in [3.05, 3.63) is 16.3 Å². The summed E-state index contributed by atoms with van der Waals surface area (Å²) in [6, 6.07) is 1.74. The topological polar surface area (TPSA) is 78.8 Å². The monoisotopic (exact) mass is 301 g/mol. The van der Waals surface area contributed by atoms with Crippen molar-refractivity contribution < 1.29 is 13.2 Å². The summed E-state index contributed by atoms with van der Waals surface area (Å²) in [6.07, 6.45) is 1.10. The molecule has 1 aliphatic heterocycles. The van der Waals surface area contributed by atoms with Gasteiger partial charge in [0.1, 0.15) is 5.75 Å². The Hall–Kier alpha value is -1.41. The Morgan fingerprint density at radius 2 is 2.32 bits per heavy atom. The molecule has 1 aromatic rings. The van der Waals surface area contributed by atoms with Gasteiger partial charge in [-0.3, -0.25) is 9.10 Å². The first-order valence-corrected chi connectivity index (χ1v) is 8.34. The molecular weight excluding hydrogens is 286 g/mol. The van der Waals surface area contributed by atoms with Gasteiger partial charge in [-0.05, 0) is 17.9 Å². The first-order chi connectivity index (χ1) is 8.95. The number of carbonyl (C=O) groups excluding carboxylic acids is 1. The maximum absolute atomic E-state index is 12.0. The highest BCUT2D eigenvalue weighted by Gasteiger charge is 2.32. The van der Waals surface area contributed by atoms with E-state index in [-0.39, 0.29) is 11.7 Å². The van der Waals surface area contributed by atoms with Crippen LogP contribution in [0.2, 0.25) is 0 Å². The molecule has 19 heavy (non-hydrogen) atoms. The van der Waals surface area contributed by atoms with Crippen molar-refractivity contribution in [2.75, 3.05) is 17.1 Å². The molecule has 1 N–H and O–H groups in total. The van der Waals surface area contributed by atoms with Gasteiger partial charge >= 0.3 is 0 Å². The van der Waals surface area contributed by atoms with Crippen LogP contribution in [0, 0.1) is 0 Å². The average molecular weight is 301 g/mol. The molecule has 0 aliphatic carbocycles. The smallest absolute Gasteiger partial charge is 0.240 e. The number of amides is 1. The molecule has 2 heterocycles. The molecule has 0 saturated heterocycles. The molecule has 1 amide bonds. The zero-order valence-corrected chi connectivity index (χ0v) is 12.3. The number of anilines is 1. The summed E-state index contributed by atoms with van der Waals surface area (Å²) in [6.45, 7) is 1.89. The van der Waals surface area contributed by atoms with Gasteiger partial charge in [-0.25, -0.2) is 13.8 Å². The number of hydrogen-bond acceptors (Lipinski definition) is 5. The molecule has 0 bridgehead atoms. The highest BCUT2D eigenvalue weighted by atomic mass is 32.2. The van der Waals surface area contributed by atoms with Gasteiger partial charge in [0.2, 0.25) is 15.9 Å². The molecule has 1 aromatic heterocycles. The van der Waals surface area contributed by atoms with E-state index in [1.54, 1.807) is 6.07 Å². The summed E-state index contributed by atoms with van der Waals surface area (Å²) in [5.74, 6) is -0.395. The first-order valence-electron chi connectivity index (χ1n) is 5.85. The summed E-state index contributed by atoms with van der Waals surface area (Å²) in [7, 11) is -1.88. The van der Waals surface area contributed by atoms with Crippen molar-refractivity contribution >= 4 is 38.7 Å². The Morgan fingerprint density at radius 3 is 3.00 bits per heavy atom. The van der Waals surface area contributed by atoms with Gasteiger partial charge in [-0.1, -0.05) is 6.92 Å². The van der Waals surface area contributed by atoms with Crippen LogP contribution in [0.25, 0.3) is 0 Å². The fourth-order valence-corrected chi connectivity index (χ4v) is 4.01. The van der Waals surface area contributed by atoms with Crippen molar-refractivity contribution in [3.8, 4) is 0 Å². The lowest BCUT2D eigenvalue weighted by atomic mass is 10.3. The van der Waals surface area contributed by atoms with Gasteiger partial charge < -0.3 is 0 Å². The van der Waals surface area contributed by atoms with Crippen LogP contribution >= 0.6 is 11.3 Å². The number of nitrogens with zero attached hydrogens (tertiary/aromatic N) is 2. The summed E-state index contributed by atoms with van der Waals surface area (Å²) < 4.78 is 25.2. The third kappa shape index (κ3) is 2.79. The van der Waals surface area contributed by atoms with Gasteiger partial charge in [0.05, 0.1) is 16.3 Å². The van der Waals surface area contributed by atoms with E-state index >= 15 is 0 Å². The quantitative estimate of drug-likeness (QED) is 0.851. The largest absolute Gasteiger partial charge is 0.273 e. The number of hydrazone groups is 1. The van der Waals surface area contributed by atoms with E-state index in [9.17, 15) is 13.2 Å². The molecule has 104 valence electrons. The molecule has 8 heteroatoms. The number of carbonyl (C=O) groups is 1. The average Bonchev–Trinajstić information content (AvgIpc) is 2.82. The molecule has 0 fully saturated rings. The summed E-state index contributed by atoms with van der Waals surface area (Å²) in [5.41, 5.74) is 3.42. The van der Waals surface area contributed by atoms with Crippen LogP contribution in [0.4, 0.5) is 5.69 Å². The fraction of sp³-hybridized carbons (Fsp3) is 0.455. The Labute approximate surface area is 116 Å². The van der Waals surface area contributed by atoms with Crippen LogP contribution in [0.15, 0.2) is 16.5 Å². The fourth-order valence-electron chi connectivity index (χ4n) is 1.75. The second-order valence-corrected chi connectivity index (χ2v) is 7.12. The molecule has 0 atom stereocenters. The van der Waals surface area contributed by atoms with Gasteiger partial charge in [0, 0.05) is 13.5 Å². The lowest BCUT2D eigenvalue weighted by molar-refractivity contribution is -0.121. The number of sulfonamides is 1. The SMILES string of the molecule is CCCC(=O)N/N=C1/CS(=O)(=O)N(C)c2ccsc21. The Bertz CT molecular complexity index is 619.